The minimum absolute atomic E-state index is 0.133. The van der Waals surface area contributed by atoms with E-state index in [1.165, 1.54) is 7.11 Å². The molecule has 0 aromatic heterocycles. The Morgan fingerprint density at radius 3 is 2.68 bits per heavy atom. The van der Waals surface area contributed by atoms with Crippen LogP contribution in [0.3, 0.4) is 0 Å². The lowest BCUT2D eigenvalue weighted by atomic mass is 9.79. The first kappa shape index (κ1) is 16.3. The van der Waals surface area contributed by atoms with Crippen LogP contribution >= 0.6 is 0 Å². The first-order valence-corrected chi connectivity index (χ1v) is 7.19. The molecule has 0 fully saturated rings. The van der Waals surface area contributed by atoms with Gasteiger partial charge in [0.15, 0.2) is 0 Å². The fourth-order valence-electron chi connectivity index (χ4n) is 2.19. The van der Waals surface area contributed by atoms with Crippen molar-refractivity contribution < 1.29 is 14.5 Å². The molecule has 1 amide bonds. The molecular weight excluding hydrogens is 279 g/mol. The number of carbonyl (C=O) groups is 1. The summed E-state index contributed by atoms with van der Waals surface area (Å²) in [7, 11) is 0.446. The van der Waals surface area contributed by atoms with Crippen molar-refractivity contribution in [1.29, 1.82) is 0 Å². The number of hydrogen-bond acceptors (Lipinski definition) is 4. The second-order valence-corrected chi connectivity index (χ2v) is 5.28. The Hall–Kier alpha value is -2.10. The SMILES string of the molecule is C#CCCC1(CCNC(=O)c2ccc(B(O)OC)cc2)C=N1. The molecule has 22 heavy (non-hydrogen) atoms. The first-order chi connectivity index (χ1) is 10.6. The largest absolute Gasteiger partial charge is 0.490 e. The zero-order valence-electron chi connectivity index (χ0n) is 12.6. The lowest BCUT2D eigenvalue weighted by molar-refractivity contribution is 0.0952. The number of rotatable bonds is 8. The van der Waals surface area contributed by atoms with Crippen LogP contribution in [0.15, 0.2) is 29.3 Å². The smallest absolute Gasteiger partial charge is 0.423 e. The van der Waals surface area contributed by atoms with Crippen molar-refractivity contribution in [2.24, 2.45) is 4.99 Å². The van der Waals surface area contributed by atoms with E-state index >= 15 is 0 Å². The average molecular weight is 298 g/mol. The van der Waals surface area contributed by atoms with Crippen LogP contribution in [0.5, 0.6) is 0 Å². The lowest BCUT2D eigenvalue weighted by Gasteiger charge is -2.12. The number of terminal acetylenes is 1. The van der Waals surface area contributed by atoms with Gasteiger partial charge in [-0.1, -0.05) is 12.1 Å². The Balaban J connectivity index is 1.79. The molecule has 1 heterocycles. The third-order valence-corrected chi connectivity index (χ3v) is 3.72. The van der Waals surface area contributed by atoms with E-state index in [-0.39, 0.29) is 11.4 Å². The summed E-state index contributed by atoms with van der Waals surface area (Å²) in [6.07, 6.45) is 9.45. The molecule has 2 N–H and O–H groups in total. The van der Waals surface area contributed by atoms with Crippen molar-refractivity contribution >= 4 is 24.7 Å². The highest BCUT2D eigenvalue weighted by molar-refractivity contribution is 6.59. The maximum atomic E-state index is 12.0. The Bertz CT molecular complexity index is 586. The molecule has 1 aromatic rings. The molecule has 0 bridgehead atoms. The summed E-state index contributed by atoms with van der Waals surface area (Å²) < 4.78 is 4.81. The molecule has 1 aromatic carbocycles. The van der Waals surface area contributed by atoms with Gasteiger partial charge in [0.25, 0.3) is 5.91 Å². The molecule has 5 nitrogen and oxygen atoms in total. The van der Waals surface area contributed by atoms with Gasteiger partial charge < -0.3 is 15.0 Å². The summed E-state index contributed by atoms with van der Waals surface area (Å²) in [4.78, 5) is 16.3. The van der Waals surface area contributed by atoms with Gasteiger partial charge in [0, 0.05) is 31.9 Å². The van der Waals surface area contributed by atoms with Crippen LogP contribution in [-0.4, -0.2) is 43.5 Å². The number of benzene rings is 1. The van der Waals surface area contributed by atoms with E-state index in [4.69, 9.17) is 11.1 Å². The van der Waals surface area contributed by atoms with E-state index < -0.39 is 7.12 Å². The van der Waals surface area contributed by atoms with Gasteiger partial charge in [0.05, 0.1) is 5.54 Å². The number of amides is 1. The number of aliphatic imine (C=N–C) groups is 1. The molecule has 1 unspecified atom stereocenters. The maximum absolute atomic E-state index is 12.0. The number of nitrogens with one attached hydrogen (secondary N) is 1. The van der Waals surface area contributed by atoms with Gasteiger partial charge in [-0.2, -0.15) is 0 Å². The van der Waals surface area contributed by atoms with Gasteiger partial charge in [-0.3, -0.25) is 9.79 Å². The molecule has 1 aliphatic rings. The highest BCUT2D eigenvalue weighted by atomic mass is 16.5. The average Bonchev–Trinajstić information content (AvgIpc) is 3.32. The monoisotopic (exact) mass is 298 g/mol. The van der Waals surface area contributed by atoms with Gasteiger partial charge in [0.1, 0.15) is 0 Å². The van der Waals surface area contributed by atoms with Crippen LogP contribution in [0.25, 0.3) is 0 Å². The molecule has 0 spiro atoms. The third kappa shape index (κ3) is 4.20. The van der Waals surface area contributed by atoms with Crippen molar-refractivity contribution in [3.63, 3.8) is 0 Å². The normalized spacial score (nSPS) is 18.6. The van der Waals surface area contributed by atoms with Crippen LogP contribution < -0.4 is 10.8 Å². The van der Waals surface area contributed by atoms with E-state index in [1.54, 1.807) is 24.3 Å². The molecule has 114 valence electrons. The topological polar surface area (TPSA) is 70.9 Å². The highest BCUT2D eigenvalue weighted by Gasteiger charge is 2.35. The summed E-state index contributed by atoms with van der Waals surface area (Å²) >= 11 is 0. The van der Waals surface area contributed by atoms with Crippen LogP contribution in [0.1, 0.15) is 29.6 Å². The molecule has 0 saturated carbocycles. The summed E-state index contributed by atoms with van der Waals surface area (Å²) in [6, 6.07) is 6.66. The van der Waals surface area contributed by atoms with Crippen LogP contribution in [0.4, 0.5) is 0 Å². The molecule has 0 aliphatic carbocycles. The maximum Gasteiger partial charge on any atom is 0.490 e. The van der Waals surface area contributed by atoms with E-state index in [0.29, 0.717) is 24.0 Å². The summed E-state index contributed by atoms with van der Waals surface area (Å²) in [5.74, 6) is 2.46. The van der Waals surface area contributed by atoms with Crippen molar-refractivity contribution in [1.82, 2.24) is 5.32 Å². The Morgan fingerprint density at radius 1 is 1.45 bits per heavy atom. The number of hydrogen-bond donors (Lipinski definition) is 2. The quantitative estimate of drug-likeness (QED) is 0.538. The minimum Gasteiger partial charge on any atom is -0.423 e. The van der Waals surface area contributed by atoms with Gasteiger partial charge in [0.2, 0.25) is 0 Å². The molecule has 1 atom stereocenters. The molecular formula is C16H19BN2O3. The van der Waals surface area contributed by atoms with E-state index in [9.17, 15) is 9.82 Å². The van der Waals surface area contributed by atoms with Gasteiger partial charge in [-0.25, -0.2) is 0 Å². The van der Waals surface area contributed by atoms with Crippen molar-refractivity contribution in [2.45, 2.75) is 24.8 Å². The molecule has 0 radical (unpaired) electrons. The van der Waals surface area contributed by atoms with Crippen molar-refractivity contribution in [3.8, 4) is 12.3 Å². The van der Waals surface area contributed by atoms with E-state index in [0.717, 1.165) is 12.8 Å². The molecule has 6 heteroatoms. The first-order valence-electron chi connectivity index (χ1n) is 7.19. The van der Waals surface area contributed by atoms with E-state index in [2.05, 4.69) is 16.2 Å². The number of carbonyl (C=O) groups excluding carboxylic acids is 1. The van der Waals surface area contributed by atoms with Crippen molar-refractivity contribution in [3.05, 3.63) is 29.8 Å². The Kier molecular flexibility index (Phi) is 5.37. The van der Waals surface area contributed by atoms with E-state index in [1.807, 2.05) is 6.21 Å². The predicted molar refractivity (Wildman–Crippen MR) is 87.3 cm³/mol. The van der Waals surface area contributed by atoms with Crippen LogP contribution in [0, 0.1) is 12.3 Å². The van der Waals surface area contributed by atoms with Crippen LogP contribution in [0.2, 0.25) is 0 Å². The molecule has 1 aliphatic heterocycles. The minimum atomic E-state index is -0.972. The lowest BCUT2D eigenvalue weighted by Crippen LogP contribution is -2.33. The number of nitrogens with zero attached hydrogens (tertiary/aromatic N) is 1. The van der Waals surface area contributed by atoms with Crippen LogP contribution in [-0.2, 0) is 4.65 Å². The summed E-state index contributed by atoms with van der Waals surface area (Å²) in [6.45, 7) is 0.547. The third-order valence-electron chi connectivity index (χ3n) is 3.72. The molecule has 0 saturated heterocycles. The van der Waals surface area contributed by atoms with Crippen molar-refractivity contribution in [2.75, 3.05) is 13.7 Å². The fourth-order valence-corrected chi connectivity index (χ4v) is 2.19. The Morgan fingerprint density at radius 2 is 2.14 bits per heavy atom. The zero-order valence-corrected chi connectivity index (χ0v) is 12.6. The predicted octanol–water partition coefficient (Wildman–Crippen LogP) is 0.377. The molecule has 2 rings (SSSR count). The standard InChI is InChI=1S/C16H19BN2O3/c1-3-4-9-16(12-19-16)10-11-18-15(20)13-5-7-14(8-6-13)17(21)22-2/h1,5-8,12,21H,4,9-11H2,2H3,(H,18,20). The second kappa shape index (κ2) is 7.25. The second-order valence-electron chi connectivity index (χ2n) is 5.28. The van der Waals surface area contributed by atoms with Gasteiger partial charge >= 0.3 is 7.12 Å². The summed E-state index contributed by atoms with van der Waals surface area (Å²) in [5.41, 5.74) is 1.02. The summed E-state index contributed by atoms with van der Waals surface area (Å²) in [5, 5.41) is 12.4. The van der Waals surface area contributed by atoms with Gasteiger partial charge in [-0.05, 0) is 30.4 Å². The fraction of sp³-hybridized carbons (Fsp3) is 0.375. The highest BCUT2D eigenvalue weighted by Crippen LogP contribution is 2.29. The zero-order chi connectivity index (χ0) is 16.0. The Labute approximate surface area is 130 Å². The van der Waals surface area contributed by atoms with Gasteiger partial charge in [-0.15, -0.1) is 12.3 Å².